The number of piperazine rings is 1. The van der Waals surface area contributed by atoms with Gasteiger partial charge in [0.1, 0.15) is 11.2 Å². The third-order valence-corrected chi connectivity index (χ3v) is 5.95. The lowest BCUT2D eigenvalue weighted by atomic mass is 10.1. The zero-order valence-corrected chi connectivity index (χ0v) is 22.1. The molecular formula is C25H39ClN4O4. The highest BCUT2D eigenvalue weighted by molar-refractivity contribution is 6.30. The Kier molecular flexibility index (Phi) is 8.24. The van der Waals surface area contributed by atoms with E-state index in [0.717, 1.165) is 38.3 Å². The molecule has 2 aliphatic heterocycles. The van der Waals surface area contributed by atoms with E-state index in [1.165, 1.54) is 5.56 Å². The maximum atomic E-state index is 12.4. The molecule has 8 nitrogen and oxygen atoms in total. The van der Waals surface area contributed by atoms with Crippen LogP contribution in [0.5, 0.6) is 0 Å². The van der Waals surface area contributed by atoms with Crippen LogP contribution in [0.2, 0.25) is 5.02 Å². The Morgan fingerprint density at radius 3 is 2.26 bits per heavy atom. The van der Waals surface area contributed by atoms with Crippen molar-refractivity contribution in [2.24, 2.45) is 0 Å². The van der Waals surface area contributed by atoms with E-state index >= 15 is 0 Å². The van der Waals surface area contributed by atoms with E-state index < -0.39 is 11.2 Å². The average molecular weight is 495 g/mol. The van der Waals surface area contributed by atoms with Crippen LogP contribution in [0.1, 0.15) is 53.5 Å². The largest absolute Gasteiger partial charge is 0.444 e. The van der Waals surface area contributed by atoms with Gasteiger partial charge in [0.15, 0.2) is 0 Å². The van der Waals surface area contributed by atoms with Crippen LogP contribution in [0, 0.1) is 0 Å². The van der Waals surface area contributed by atoms with Gasteiger partial charge in [-0.15, -0.1) is 0 Å². The highest BCUT2D eigenvalue weighted by Gasteiger charge is 2.29. The van der Waals surface area contributed by atoms with Gasteiger partial charge in [0, 0.05) is 56.5 Å². The van der Waals surface area contributed by atoms with Crippen LogP contribution in [-0.4, -0.2) is 78.5 Å². The number of anilines is 1. The smallest absolute Gasteiger partial charge is 0.410 e. The van der Waals surface area contributed by atoms with Crippen LogP contribution < -0.4 is 10.2 Å². The fraction of sp³-hybridized carbons (Fsp3) is 0.680. The predicted octanol–water partition coefficient (Wildman–Crippen LogP) is 4.50. The number of nitrogens with one attached hydrogen (secondary N) is 1. The van der Waals surface area contributed by atoms with E-state index in [0.29, 0.717) is 24.7 Å². The molecule has 0 aromatic heterocycles. The van der Waals surface area contributed by atoms with Crippen molar-refractivity contribution in [2.45, 2.75) is 71.8 Å². The zero-order valence-electron chi connectivity index (χ0n) is 21.3. The van der Waals surface area contributed by atoms with Crippen LogP contribution in [0.15, 0.2) is 18.2 Å². The second kappa shape index (κ2) is 10.6. The van der Waals surface area contributed by atoms with Crippen molar-refractivity contribution in [3.8, 4) is 0 Å². The van der Waals surface area contributed by atoms with Crippen LogP contribution in [0.3, 0.4) is 0 Å². The monoisotopic (exact) mass is 494 g/mol. The molecule has 1 aromatic carbocycles. The number of rotatable bonds is 4. The summed E-state index contributed by atoms with van der Waals surface area (Å²) in [6.45, 7) is 16.4. The topological polar surface area (TPSA) is 74.4 Å². The lowest BCUT2D eigenvalue weighted by Crippen LogP contribution is -2.49. The summed E-state index contributed by atoms with van der Waals surface area (Å²) < 4.78 is 10.9. The SMILES string of the molecule is CC(C)(C)OC(=O)N[C@@H]1CCN(c2cc(Cl)ccc2CN2CCN(C(=O)OC(C)(C)C)CC2)C1. The molecule has 1 atom stereocenters. The molecule has 0 aliphatic carbocycles. The van der Waals surface area contributed by atoms with E-state index in [4.69, 9.17) is 21.1 Å². The Bertz CT molecular complexity index is 873. The first kappa shape index (κ1) is 26.4. The first-order valence-corrected chi connectivity index (χ1v) is 12.4. The van der Waals surface area contributed by atoms with Gasteiger partial charge in [0.2, 0.25) is 0 Å². The maximum Gasteiger partial charge on any atom is 0.410 e. The molecular weight excluding hydrogens is 456 g/mol. The molecule has 2 aliphatic rings. The standard InChI is InChI=1S/C25H39ClN4O4/c1-24(2,3)33-22(31)27-20-9-10-30(17-20)21-15-19(26)8-7-18(21)16-28-11-13-29(14-12-28)23(32)34-25(4,5)6/h7-8,15,20H,9-14,16-17H2,1-6H3,(H,27,31)/t20-/m1/s1. The summed E-state index contributed by atoms with van der Waals surface area (Å²) in [5.41, 5.74) is 1.28. The third kappa shape index (κ3) is 7.94. The van der Waals surface area contributed by atoms with Gasteiger partial charge in [-0.3, -0.25) is 4.90 Å². The van der Waals surface area contributed by atoms with Crippen LogP contribution in [0.25, 0.3) is 0 Å². The number of alkyl carbamates (subject to hydrolysis) is 1. The van der Waals surface area contributed by atoms with Gasteiger partial charge in [0.25, 0.3) is 0 Å². The highest BCUT2D eigenvalue weighted by atomic mass is 35.5. The van der Waals surface area contributed by atoms with Gasteiger partial charge in [-0.2, -0.15) is 0 Å². The number of ether oxygens (including phenoxy) is 2. The number of carbonyl (C=O) groups is 2. The lowest BCUT2D eigenvalue weighted by molar-refractivity contribution is 0.0139. The molecule has 0 saturated carbocycles. The van der Waals surface area contributed by atoms with Crippen LogP contribution in [0.4, 0.5) is 15.3 Å². The Balaban J connectivity index is 1.58. The van der Waals surface area contributed by atoms with E-state index in [2.05, 4.69) is 21.2 Å². The van der Waals surface area contributed by atoms with Gasteiger partial charge in [-0.1, -0.05) is 17.7 Å². The van der Waals surface area contributed by atoms with Gasteiger partial charge in [0.05, 0.1) is 6.04 Å². The molecule has 34 heavy (non-hydrogen) atoms. The number of halogens is 1. The van der Waals surface area contributed by atoms with E-state index in [1.54, 1.807) is 4.90 Å². The number of carbonyl (C=O) groups excluding carboxylic acids is 2. The summed E-state index contributed by atoms with van der Waals surface area (Å²) in [6.07, 6.45) is 0.216. The molecule has 0 unspecified atom stereocenters. The molecule has 1 N–H and O–H groups in total. The Labute approximate surface area is 208 Å². The quantitative estimate of drug-likeness (QED) is 0.664. The molecule has 9 heteroatoms. The molecule has 0 radical (unpaired) electrons. The predicted molar refractivity (Wildman–Crippen MR) is 135 cm³/mol. The normalized spacial score (nSPS) is 19.8. The van der Waals surface area contributed by atoms with E-state index in [1.807, 2.05) is 53.7 Å². The minimum atomic E-state index is -0.518. The number of nitrogens with zero attached hydrogens (tertiary/aromatic N) is 3. The molecule has 2 heterocycles. The average Bonchev–Trinajstić information content (AvgIpc) is 3.15. The molecule has 2 fully saturated rings. The van der Waals surface area contributed by atoms with Crippen molar-refractivity contribution in [2.75, 3.05) is 44.2 Å². The molecule has 2 saturated heterocycles. The Hall–Kier alpha value is -2.19. The summed E-state index contributed by atoms with van der Waals surface area (Å²) in [6, 6.07) is 6.03. The van der Waals surface area contributed by atoms with Gasteiger partial charge in [-0.25, -0.2) is 9.59 Å². The fourth-order valence-corrected chi connectivity index (χ4v) is 4.36. The summed E-state index contributed by atoms with van der Waals surface area (Å²) in [7, 11) is 0. The fourth-order valence-electron chi connectivity index (χ4n) is 4.19. The molecule has 2 amide bonds. The van der Waals surface area contributed by atoms with E-state index in [-0.39, 0.29) is 18.2 Å². The molecule has 3 rings (SSSR count). The second-order valence-electron chi connectivity index (χ2n) is 11.1. The maximum absolute atomic E-state index is 12.4. The van der Waals surface area contributed by atoms with Gasteiger partial charge < -0.3 is 24.6 Å². The summed E-state index contributed by atoms with van der Waals surface area (Å²) >= 11 is 6.35. The summed E-state index contributed by atoms with van der Waals surface area (Å²) in [5, 5.41) is 3.68. The van der Waals surface area contributed by atoms with Gasteiger partial charge >= 0.3 is 12.2 Å². The minimum absolute atomic E-state index is 0.0269. The first-order valence-electron chi connectivity index (χ1n) is 12.0. The molecule has 0 bridgehead atoms. The van der Waals surface area contributed by atoms with Crippen molar-refractivity contribution >= 4 is 29.5 Å². The van der Waals surface area contributed by atoms with Crippen molar-refractivity contribution < 1.29 is 19.1 Å². The first-order chi connectivity index (χ1) is 15.8. The van der Waals surface area contributed by atoms with Crippen LogP contribution in [-0.2, 0) is 16.0 Å². The molecule has 190 valence electrons. The summed E-state index contributed by atoms with van der Waals surface area (Å²) in [5.74, 6) is 0. The lowest BCUT2D eigenvalue weighted by Gasteiger charge is -2.36. The minimum Gasteiger partial charge on any atom is -0.444 e. The van der Waals surface area contributed by atoms with Crippen molar-refractivity contribution in [1.29, 1.82) is 0 Å². The third-order valence-electron chi connectivity index (χ3n) is 5.72. The second-order valence-corrected chi connectivity index (χ2v) is 11.5. The Morgan fingerprint density at radius 2 is 1.65 bits per heavy atom. The van der Waals surface area contributed by atoms with Crippen molar-refractivity contribution in [3.05, 3.63) is 28.8 Å². The van der Waals surface area contributed by atoms with Crippen molar-refractivity contribution in [1.82, 2.24) is 15.1 Å². The van der Waals surface area contributed by atoms with E-state index in [9.17, 15) is 9.59 Å². The van der Waals surface area contributed by atoms with Crippen LogP contribution >= 0.6 is 11.6 Å². The Morgan fingerprint density at radius 1 is 1.00 bits per heavy atom. The summed E-state index contributed by atoms with van der Waals surface area (Å²) in [4.78, 5) is 30.9. The highest BCUT2D eigenvalue weighted by Crippen LogP contribution is 2.29. The van der Waals surface area contributed by atoms with Gasteiger partial charge in [-0.05, 0) is 65.7 Å². The number of amides is 2. The van der Waals surface area contributed by atoms with Crippen molar-refractivity contribution in [3.63, 3.8) is 0 Å². The number of hydrogen-bond donors (Lipinski definition) is 1. The number of hydrogen-bond acceptors (Lipinski definition) is 6. The zero-order chi connectivity index (χ0) is 25.1. The number of benzene rings is 1. The molecule has 0 spiro atoms. The molecule has 1 aromatic rings.